The molecule has 5 heteroatoms. The highest BCUT2D eigenvalue weighted by atomic mass is 16.5. The standard InChI is InChI=1S/C10H15NO4/c1-10(9(13)14)8(12)11-6-4-2-3-5-7(6)15-10/h6-7H,2-5H2,1H3,(H,11,12)(H,13,14)/t6-,7-,10?/m0/s1. The van der Waals surface area contributed by atoms with Crippen molar-refractivity contribution in [2.75, 3.05) is 0 Å². The lowest BCUT2D eigenvalue weighted by atomic mass is 9.88. The van der Waals surface area contributed by atoms with E-state index in [1.54, 1.807) is 0 Å². The molecule has 0 bridgehead atoms. The van der Waals surface area contributed by atoms with E-state index in [4.69, 9.17) is 9.84 Å². The Kier molecular flexibility index (Phi) is 2.42. The third-order valence-electron chi connectivity index (χ3n) is 3.25. The van der Waals surface area contributed by atoms with E-state index in [1.165, 1.54) is 6.92 Å². The van der Waals surface area contributed by atoms with Crippen molar-refractivity contribution in [2.45, 2.75) is 50.4 Å². The second-order valence-electron chi connectivity index (χ2n) is 4.36. The molecule has 1 aliphatic carbocycles. The number of carboxylic acid groups (broad SMARTS) is 1. The lowest BCUT2D eigenvalue weighted by Gasteiger charge is -2.42. The summed E-state index contributed by atoms with van der Waals surface area (Å²) in [6.45, 7) is 1.31. The van der Waals surface area contributed by atoms with E-state index in [0.717, 1.165) is 25.7 Å². The maximum absolute atomic E-state index is 11.6. The number of amides is 1. The topological polar surface area (TPSA) is 75.6 Å². The van der Waals surface area contributed by atoms with Gasteiger partial charge >= 0.3 is 5.97 Å². The number of morpholine rings is 1. The van der Waals surface area contributed by atoms with Crippen LogP contribution in [0.25, 0.3) is 0 Å². The van der Waals surface area contributed by atoms with Crippen LogP contribution in [0.1, 0.15) is 32.6 Å². The third-order valence-corrected chi connectivity index (χ3v) is 3.25. The predicted molar refractivity (Wildman–Crippen MR) is 51.3 cm³/mol. The first-order valence-corrected chi connectivity index (χ1v) is 5.26. The van der Waals surface area contributed by atoms with Crippen molar-refractivity contribution in [2.24, 2.45) is 0 Å². The lowest BCUT2D eigenvalue weighted by Crippen LogP contribution is -2.65. The summed E-state index contributed by atoms with van der Waals surface area (Å²) in [4.78, 5) is 22.6. The van der Waals surface area contributed by atoms with Gasteiger partial charge in [-0.2, -0.15) is 0 Å². The van der Waals surface area contributed by atoms with Crippen LogP contribution >= 0.6 is 0 Å². The van der Waals surface area contributed by atoms with Crippen molar-refractivity contribution < 1.29 is 19.4 Å². The summed E-state index contributed by atoms with van der Waals surface area (Å²) < 4.78 is 5.44. The first-order chi connectivity index (χ1) is 7.04. The van der Waals surface area contributed by atoms with Crippen LogP contribution in [0.15, 0.2) is 0 Å². The molecule has 5 nitrogen and oxygen atoms in total. The van der Waals surface area contributed by atoms with E-state index in [1.807, 2.05) is 0 Å². The fraction of sp³-hybridized carbons (Fsp3) is 0.800. The van der Waals surface area contributed by atoms with E-state index in [0.29, 0.717) is 0 Å². The van der Waals surface area contributed by atoms with Crippen LogP contribution in [0, 0.1) is 0 Å². The smallest absolute Gasteiger partial charge is 0.345 e. The molecule has 0 aromatic carbocycles. The quantitative estimate of drug-likeness (QED) is 0.614. The monoisotopic (exact) mass is 213 g/mol. The normalized spacial score (nSPS) is 40.5. The number of carbonyl (C=O) groups is 2. The zero-order chi connectivity index (χ0) is 11.1. The molecule has 1 aliphatic heterocycles. The van der Waals surface area contributed by atoms with Gasteiger partial charge in [0.25, 0.3) is 5.91 Å². The Bertz CT molecular complexity index is 304. The first kappa shape index (κ1) is 10.4. The largest absolute Gasteiger partial charge is 0.479 e. The summed E-state index contributed by atoms with van der Waals surface area (Å²) in [7, 11) is 0. The molecule has 2 fully saturated rings. The number of hydrogen-bond acceptors (Lipinski definition) is 3. The van der Waals surface area contributed by atoms with Gasteiger partial charge in [0.1, 0.15) is 0 Å². The van der Waals surface area contributed by atoms with E-state index in [2.05, 4.69) is 5.32 Å². The van der Waals surface area contributed by atoms with Crippen molar-refractivity contribution in [3.63, 3.8) is 0 Å². The Morgan fingerprint density at radius 2 is 2.20 bits per heavy atom. The second-order valence-corrected chi connectivity index (χ2v) is 4.36. The van der Waals surface area contributed by atoms with Crippen LogP contribution in [-0.4, -0.2) is 34.7 Å². The predicted octanol–water partition coefficient (Wildman–Crippen LogP) is 0.287. The van der Waals surface area contributed by atoms with E-state index < -0.39 is 17.5 Å². The molecule has 1 heterocycles. The number of ether oxygens (including phenoxy) is 1. The van der Waals surface area contributed by atoms with E-state index in [-0.39, 0.29) is 12.1 Å². The van der Waals surface area contributed by atoms with E-state index in [9.17, 15) is 9.59 Å². The molecule has 1 saturated heterocycles. The molecular formula is C10H15NO4. The number of carboxylic acids is 1. The van der Waals surface area contributed by atoms with E-state index >= 15 is 0 Å². The van der Waals surface area contributed by atoms with Gasteiger partial charge < -0.3 is 15.2 Å². The zero-order valence-corrected chi connectivity index (χ0v) is 8.66. The Labute approximate surface area is 87.8 Å². The van der Waals surface area contributed by atoms with Gasteiger partial charge in [-0.05, 0) is 19.8 Å². The number of aliphatic carboxylic acids is 1. The van der Waals surface area contributed by atoms with Gasteiger partial charge in [-0.3, -0.25) is 4.79 Å². The molecule has 2 N–H and O–H groups in total. The van der Waals surface area contributed by atoms with Gasteiger partial charge in [0, 0.05) is 0 Å². The molecular weight excluding hydrogens is 198 g/mol. The lowest BCUT2D eigenvalue weighted by molar-refractivity contribution is -0.192. The molecule has 1 amide bonds. The summed E-state index contributed by atoms with van der Waals surface area (Å²) in [6, 6.07) is -0.00123. The fourth-order valence-electron chi connectivity index (χ4n) is 2.21. The molecule has 2 aliphatic rings. The first-order valence-electron chi connectivity index (χ1n) is 5.26. The van der Waals surface area contributed by atoms with Crippen LogP contribution in [0.2, 0.25) is 0 Å². The molecule has 2 rings (SSSR count). The zero-order valence-electron chi connectivity index (χ0n) is 8.66. The van der Waals surface area contributed by atoms with Gasteiger partial charge in [0.2, 0.25) is 5.60 Å². The minimum absolute atomic E-state index is 0.00123. The molecule has 0 aromatic rings. The van der Waals surface area contributed by atoms with Crippen molar-refractivity contribution in [3.05, 3.63) is 0 Å². The number of rotatable bonds is 1. The van der Waals surface area contributed by atoms with Crippen molar-refractivity contribution in [3.8, 4) is 0 Å². The average molecular weight is 213 g/mol. The molecule has 1 saturated carbocycles. The Hall–Kier alpha value is -1.10. The van der Waals surface area contributed by atoms with Crippen molar-refractivity contribution in [1.29, 1.82) is 0 Å². The van der Waals surface area contributed by atoms with Gasteiger partial charge in [-0.1, -0.05) is 12.8 Å². The average Bonchev–Trinajstić information content (AvgIpc) is 2.19. The highest BCUT2D eigenvalue weighted by molar-refractivity contribution is 6.05. The number of carbonyl (C=O) groups excluding carboxylic acids is 1. The fourth-order valence-corrected chi connectivity index (χ4v) is 2.21. The molecule has 84 valence electrons. The van der Waals surface area contributed by atoms with Gasteiger partial charge in [-0.15, -0.1) is 0 Å². The van der Waals surface area contributed by atoms with Crippen LogP contribution in [0.4, 0.5) is 0 Å². The SMILES string of the molecule is CC1(C(=O)O)O[C@H]2CCCC[C@@H]2NC1=O. The number of nitrogens with one attached hydrogen (secondary N) is 1. The van der Waals surface area contributed by atoms with Gasteiger partial charge in [0.15, 0.2) is 0 Å². The molecule has 1 unspecified atom stereocenters. The summed E-state index contributed by atoms with van der Waals surface area (Å²) in [5.74, 6) is -1.75. The molecule has 0 aromatic heterocycles. The summed E-state index contributed by atoms with van der Waals surface area (Å²) in [6.07, 6.45) is 3.67. The van der Waals surface area contributed by atoms with Crippen LogP contribution < -0.4 is 5.32 Å². The molecule has 0 radical (unpaired) electrons. The maximum atomic E-state index is 11.6. The molecule has 15 heavy (non-hydrogen) atoms. The van der Waals surface area contributed by atoms with Crippen molar-refractivity contribution in [1.82, 2.24) is 5.32 Å². The minimum Gasteiger partial charge on any atom is -0.479 e. The number of fused-ring (bicyclic) bond motifs is 1. The van der Waals surface area contributed by atoms with Crippen LogP contribution in [0.5, 0.6) is 0 Å². The van der Waals surface area contributed by atoms with Gasteiger partial charge in [-0.25, -0.2) is 4.79 Å². The minimum atomic E-state index is -1.71. The Morgan fingerprint density at radius 1 is 1.53 bits per heavy atom. The van der Waals surface area contributed by atoms with Crippen LogP contribution in [-0.2, 0) is 14.3 Å². The summed E-state index contributed by atoms with van der Waals surface area (Å²) in [5.41, 5.74) is -1.71. The highest BCUT2D eigenvalue weighted by Crippen LogP contribution is 2.30. The van der Waals surface area contributed by atoms with Crippen LogP contribution in [0.3, 0.4) is 0 Å². The molecule has 0 spiro atoms. The van der Waals surface area contributed by atoms with Gasteiger partial charge in [0.05, 0.1) is 12.1 Å². The highest BCUT2D eigenvalue weighted by Gasteiger charge is 2.51. The Balaban J connectivity index is 2.18. The van der Waals surface area contributed by atoms with Crippen molar-refractivity contribution >= 4 is 11.9 Å². The second kappa shape index (κ2) is 3.48. The maximum Gasteiger partial charge on any atom is 0.345 e. The Morgan fingerprint density at radius 3 is 2.87 bits per heavy atom. The summed E-state index contributed by atoms with van der Waals surface area (Å²) >= 11 is 0. The molecule has 3 atom stereocenters. The number of hydrogen-bond donors (Lipinski definition) is 2. The summed E-state index contributed by atoms with van der Waals surface area (Å²) in [5, 5.41) is 11.7. The third kappa shape index (κ3) is 1.61.